The molecule has 2 aromatic heterocycles. The second kappa shape index (κ2) is 8.21. The van der Waals surface area contributed by atoms with Gasteiger partial charge in [-0.1, -0.05) is 11.6 Å². The Hall–Kier alpha value is -2.69. The average molecular weight is 449 g/mol. The van der Waals surface area contributed by atoms with Gasteiger partial charge in [0.2, 0.25) is 15.9 Å². The first-order chi connectivity index (χ1) is 14.4. The van der Waals surface area contributed by atoms with Crippen LogP contribution in [0.4, 0.5) is 11.5 Å². The van der Waals surface area contributed by atoms with E-state index in [1.807, 2.05) is 6.07 Å². The van der Waals surface area contributed by atoms with Crippen molar-refractivity contribution in [3.8, 4) is 17.0 Å². The Kier molecular flexibility index (Phi) is 5.63. The molecule has 0 aliphatic carbocycles. The largest absolute Gasteiger partial charge is 0.480 e. The lowest BCUT2D eigenvalue weighted by atomic mass is 10.0. The Labute approximate surface area is 179 Å². The lowest BCUT2D eigenvalue weighted by molar-refractivity contribution is 0.400. The van der Waals surface area contributed by atoms with Crippen molar-refractivity contribution in [2.45, 2.75) is 0 Å². The predicted octanol–water partition coefficient (Wildman–Crippen LogP) is 2.13. The van der Waals surface area contributed by atoms with E-state index in [1.54, 1.807) is 24.7 Å². The first-order valence-electron chi connectivity index (χ1n) is 9.28. The van der Waals surface area contributed by atoms with Gasteiger partial charge < -0.3 is 15.0 Å². The van der Waals surface area contributed by atoms with Gasteiger partial charge in [0.1, 0.15) is 17.8 Å². The molecule has 0 atom stereocenters. The summed E-state index contributed by atoms with van der Waals surface area (Å²) in [6.07, 6.45) is 4.20. The van der Waals surface area contributed by atoms with Crippen LogP contribution in [0.3, 0.4) is 0 Å². The number of methoxy groups -OCH3 is 1. The number of halogens is 1. The summed E-state index contributed by atoms with van der Waals surface area (Å²) < 4.78 is 31.1. The molecule has 0 saturated carbocycles. The minimum atomic E-state index is -3.51. The maximum absolute atomic E-state index is 11.7. The van der Waals surface area contributed by atoms with Gasteiger partial charge in [-0.05, 0) is 18.2 Å². The van der Waals surface area contributed by atoms with Crippen molar-refractivity contribution in [2.24, 2.45) is 0 Å². The summed E-state index contributed by atoms with van der Waals surface area (Å²) in [6.45, 7) is 3.46. The van der Waals surface area contributed by atoms with Crippen molar-refractivity contribution < 1.29 is 13.2 Å². The molecule has 1 aromatic carbocycles. The number of hydrogen-bond donors (Lipinski definition) is 2. The molecule has 0 unspecified atom stereocenters. The molecule has 3 heterocycles. The third-order valence-corrected chi connectivity index (χ3v) is 5.67. The molecule has 0 bridgehead atoms. The fraction of sp³-hybridized carbons (Fsp3) is 0.316. The maximum atomic E-state index is 11.7. The number of pyridine rings is 1. The summed E-state index contributed by atoms with van der Waals surface area (Å²) in [5, 5.41) is 4.68. The van der Waals surface area contributed by atoms with Crippen LogP contribution in [0.25, 0.3) is 22.0 Å². The molecule has 1 fully saturated rings. The van der Waals surface area contributed by atoms with Gasteiger partial charge in [0.15, 0.2) is 0 Å². The van der Waals surface area contributed by atoms with Crippen LogP contribution in [0.5, 0.6) is 5.88 Å². The fourth-order valence-corrected chi connectivity index (χ4v) is 4.26. The van der Waals surface area contributed by atoms with Crippen molar-refractivity contribution >= 4 is 44.0 Å². The van der Waals surface area contributed by atoms with Gasteiger partial charge in [-0.2, -0.15) is 0 Å². The SMILES string of the molecule is COc1ncc(-c2cc3c(N4CCNCC4)ncnc3cc2Cl)cc1NS(C)(=O)=O. The number of nitrogens with zero attached hydrogens (tertiary/aromatic N) is 4. The van der Waals surface area contributed by atoms with E-state index in [-0.39, 0.29) is 11.6 Å². The molecule has 1 aliphatic rings. The third kappa shape index (κ3) is 4.25. The molecule has 158 valence electrons. The summed E-state index contributed by atoms with van der Waals surface area (Å²) in [5.41, 5.74) is 2.31. The minimum absolute atomic E-state index is 0.172. The fourth-order valence-electron chi connectivity index (χ4n) is 3.45. The maximum Gasteiger partial charge on any atom is 0.238 e. The molecule has 1 aliphatic heterocycles. The van der Waals surface area contributed by atoms with Crippen LogP contribution in [0.1, 0.15) is 0 Å². The molecule has 2 N–H and O–H groups in total. The number of nitrogens with one attached hydrogen (secondary N) is 2. The van der Waals surface area contributed by atoms with Crippen LogP contribution in [0, 0.1) is 0 Å². The van der Waals surface area contributed by atoms with Crippen LogP contribution >= 0.6 is 11.6 Å². The van der Waals surface area contributed by atoms with Crippen LogP contribution in [-0.2, 0) is 10.0 Å². The van der Waals surface area contributed by atoms with E-state index in [0.29, 0.717) is 16.1 Å². The number of ether oxygens (including phenoxy) is 1. The van der Waals surface area contributed by atoms with Gasteiger partial charge in [0.25, 0.3) is 0 Å². The number of aromatic nitrogens is 3. The lowest BCUT2D eigenvalue weighted by Crippen LogP contribution is -2.44. The second-order valence-electron chi connectivity index (χ2n) is 6.94. The molecule has 4 rings (SSSR count). The predicted molar refractivity (Wildman–Crippen MR) is 118 cm³/mol. The van der Waals surface area contributed by atoms with E-state index < -0.39 is 10.0 Å². The number of sulfonamides is 1. The molecule has 0 spiro atoms. The number of benzene rings is 1. The Balaban J connectivity index is 1.84. The number of piperazine rings is 1. The van der Waals surface area contributed by atoms with E-state index in [1.165, 1.54) is 7.11 Å². The number of anilines is 2. The van der Waals surface area contributed by atoms with Crippen molar-refractivity contribution in [1.82, 2.24) is 20.3 Å². The average Bonchev–Trinajstić information content (AvgIpc) is 2.72. The van der Waals surface area contributed by atoms with E-state index in [2.05, 4.69) is 29.9 Å². The van der Waals surface area contributed by atoms with Gasteiger partial charge in [0.05, 0.1) is 23.9 Å². The van der Waals surface area contributed by atoms with Crippen LogP contribution in [0.2, 0.25) is 5.02 Å². The molecule has 0 amide bonds. The summed E-state index contributed by atoms with van der Waals surface area (Å²) in [5.74, 6) is 1.02. The van der Waals surface area contributed by atoms with Gasteiger partial charge in [-0.25, -0.2) is 23.4 Å². The minimum Gasteiger partial charge on any atom is -0.480 e. The number of rotatable bonds is 5. The smallest absolute Gasteiger partial charge is 0.238 e. The summed E-state index contributed by atoms with van der Waals surface area (Å²) in [6, 6.07) is 5.35. The highest BCUT2D eigenvalue weighted by Gasteiger charge is 2.18. The molecule has 9 nitrogen and oxygen atoms in total. The standard InChI is InChI=1S/C19H21ClN6O3S/c1-29-19-17(25-30(2,27)28)7-12(10-22-19)13-8-14-16(9-15(13)20)23-11-24-18(14)26-5-3-21-4-6-26/h7-11,21,25H,3-6H2,1-2H3. The van der Waals surface area contributed by atoms with Gasteiger partial charge in [-0.15, -0.1) is 0 Å². The molecule has 11 heteroatoms. The summed E-state index contributed by atoms with van der Waals surface area (Å²) in [4.78, 5) is 15.3. The highest BCUT2D eigenvalue weighted by atomic mass is 35.5. The Morgan fingerprint density at radius 2 is 1.93 bits per heavy atom. The van der Waals surface area contributed by atoms with Crippen LogP contribution in [-0.4, -0.2) is 62.9 Å². The van der Waals surface area contributed by atoms with Gasteiger partial charge in [-0.3, -0.25) is 4.72 Å². The van der Waals surface area contributed by atoms with Gasteiger partial charge >= 0.3 is 0 Å². The summed E-state index contributed by atoms with van der Waals surface area (Å²) in [7, 11) is -2.08. The highest BCUT2D eigenvalue weighted by Crippen LogP contribution is 2.37. The Bertz CT molecular complexity index is 1200. The normalized spacial score (nSPS) is 14.7. The topological polar surface area (TPSA) is 109 Å². The van der Waals surface area contributed by atoms with Crippen molar-refractivity contribution in [3.05, 3.63) is 35.7 Å². The van der Waals surface area contributed by atoms with Crippen molar-refractivity contribution in [2.75, 3.05) is 49.2 Å². The van der Waals surface area contributed by atoms with E-state index >= 15 is 0 Å². The van der Waals surface area contributed by atoms with E-state index in [4.69, 9.17) is 16.3 Å². The second-order valence-corrected chi connectivity index (χ2v) is 9.09. The number of fused-ring (bicyclic) bond motifs is 1. The Morgan fingerprint density at radius 3 is 2.63 bits per heavy atom. The first kappa shape index (κ1) is 20.6. The highest BCUT2D eigenvalue weighted by molar-refractivity contribution is 7.92. The van der Waals surface area contributed by atoms with Crippen LogP contribution in [0.15, 0.2) is 30.7 Å². The quantitative estimate of drug-likeness (QED) is 0.611. The summed E-state index contributed by atoms with van der Waals surface area (Å²) >= 11 is 6.55. The van der Waals surface area contributed by atoms with Crippen LogP contribution < -0.4 is 19.7 Å². The third-order valence-electron chi connectivity index (χ3n) is 4.77. The van der Waals surface area contributed by atoms with Gasteiger partial charge in [0, 0.05) is 48.9 Å². The van der Waals surface area contributed by atoms with Crippen molar-refractivity contribution in [3.63, 3.8) is 0 Å². The zero-order valence-electron chi connectivity index (χ0n) is 16.5. The lowest BCUT2D eigenvalue weighted by Gasteiger charge is -2.29. The van der Waals surface area contributed by atoms with E-state index in [9.17, 15) is 8.42 Å². The monoisotopic (exact) mass is 448 g/mol. The first-order valence-corrected chi connectivity index (χ1v) is 11.5. The molecular weight excluding hydrogens is 428 g/mol. The number of hydrogen-bond acceptors (Lipinski definition) is 8. The zero-order valence-corrected chi connectivity index (χ0v) is 18.1. The molecule has 30 heavy (non-hydrogen) atoms. The van der Waals surface area contributed by atoms with E-state index in [0.717, 1.165) is 49.2 Å². The Morgan fingerprint density at radius 1 is 1.17 bits per heavy atom. The zero-order chi connectivity index (χ0) is 21.3. The molecule has 1 saturated heterocycles. The molecule has 3 aromatic rings. The molecule has 0 radical (unpaired) electrons. The molecular formula is C19H21ClN6O3S. The van der Waals surface area contributed by atoms with Crippen molar-refractivity contribution in [1.29, 1.82) is 0 Å².